The van der Waals surface area contributed by atoms with E-state index in [1.807, 2.05) is 42.5 Å². The number of aryl methyl sites for hydroxylation is 1. The number of phenols is 1. The molecule has 0 fully saturated rings. The Morgan fingerprint density at radius 1 is 1.00 bits per heavy atom. The molecule has 0 aromatic heterocycles. The molecule has 0 radical (unpaired) electrons. The Labute approximate surface area is 200 Å². The lowest BCUT2D eigenvalue weighted by molar-refractivity contribution is 0.310. The van der Waals surface area contributed by atoms with Gasteiger partial charge in [-0.1, -0.05) is 24.3 Å². The number of anilines is 1. The first-order valence-electron chi connectivity index (χ1n) is 11.9. The van der Waals surface area contributed by atoms with E-state index in [1.165, 1.54) is 17.5 Å². The zero-order valence-corrected chi connectivity index (χ0v) is 19.7. The highest BCUT2D eigenvalue weighted by atomic mass is 19.1. The minimum atomic E-state index is -0.381. The normalized spacial score (nSPS) is 12.9. The molecule has 1 aliphatic rings. The number of hydrogen-bond donors (Lipinski definition) is 3. The number of halogens is 1. The molecule has 180 valence electrons. The van der Waals surface area contributed by atoms with Crippen molar-refractivity contribution < 1.29 is 19.0 Å². The topological polar surface area (TPSA) is 76.7 Å². The SMILES string of the molecule is COc1ccc(-c2c(O)ccc3c2CCCC3)c(Cc2ccc(OCCNCCF)cc2)c1N. The molecule has 0 saturated heterocycles. The number of alkyl halides is 1. The van der Waals surface area contributed by atoms with Gasteiger partial charge in [-0.05, 0) is 77.8 Å². The molecule has 34 heavy (non-hydrogen) atoms. The van der Waals surface area contributed by atoms with Gasteiger partial charge in [0.25, 0.3) is 0 Å². The van der Waals surface area contributed by atoms with Gasteiger partial charge < -0.3 is 25.6 Å². The lowest BCUT2D eigenvalue weighted by Crippen LogP contribution is -2.23. The number of nitrogens with two attached hydrogens (primary N) is 1. The summed E-state index contributed by atoms with van der Waals surface area (Å²) in [5.41, 5.74) is 13.6. The first-order valence-corrected chi connectivity index (χ1v) is 11.9. The van der Waals surface area contributed by atoms with Gasteiger partial charge in [-0.2, -0.15) is 0 Å². The molecule has 3 aromatic carbocycles. The van der Waals surface area contributed by atoms with E-state index < -0.39 is 0 Å². The Morgan fingerprint density at radius 3 is 2.56 bits per heavy atom. The first kappa shape index (κ1) is 23.9. The Bertz CT molecular complexity index is 1120. The maximum absolute atomic E-state index is 12.2. The second kappa shape index (κ2) is 11.3. The van der Waals surface area contributed by atoms with Crippen molar-refractivity contribution in [2.45, 2.75) is 32.1 Å². The van der Waals surface area contributed by atoms with Crippen LogP contribution in [-0.2, 0) is 19.3 Å². The van der Waals surface area contributed by atoms with Crippen LogP contribution >= 0.6 is 0 Å². The fourth-order valence-electron chi connectivity index (χ4n) is 4.70. The number of methoxy groups -OCH3 is 1. The van der Waals surface area contributed by atoms with E-state index in [2.05, 4.69) is 5.32 Å². The minimum absolute atomic E-state index is 0.289. The molecule has 0 atom stereocenters. The Hall–Kier alpha value is -3.25. The highest BCUT2D eigenvalue weighted by Crippen LogP contribution is 2.43. The van der Waals surface area contributed by atoms with Gasteiger partial charge in [-0.25, -0.2) is 4.39 Å². The van der Waals surface area contributed by atoms with Gasteiger partial charge in [-0.3, -0.25) is 0 Å². The molecular formula is C28H33FN2O3. The average Bonchev–Trinajstić information content (AvgIpc) is 2.86. The summed E-state index contributed by atoms with van der Waals surface area (Å²) in [6.45, 7) is 1.03. The van der Waals surface area contributed by atoms with E-state index in [9.17, 15) is 9.50 Å². The number of hydrogen-bond acceptors (Lipinski definition) is 5. The molecule has 0 unspecified atom stereocenters. The third kappa shape index (κ3) is 5.28. The highest BCUT2D eigenvalue weighted by molar-refractivity contribution is 5.83. The van der Waals surface area contributed by atoms with Crippen LogP contribution in [0.1, 0.15) is 35.1 Å². The Morgan fingerprint density at radius 2 is 1.79 bits per heavy atom. The number of ether oxygens (including phenoxy) is 2. The minimum Gasteiger partial charge on any atom is -0.507 e. The average molecular weight is 465 g/mol. The summed E-state index contributed by atoms with van der Waals surface area (Å²) in [6.07, 6.45) is 4.88. The van der Waals surface area contributed by atoms with Crippen molar-refractivity contribution in [3.8, 4) is 28.4 Å². The van der Waals surface area contributed by atoms with Crippen molar-refractivity contribution in [2.75, 3.05) is 39.2 Å². The van der Waals surface area contributed by atoms with Crippen LogP contribution in [0.4, 0.5) is 10.1 Å². The number of nitrogen functional groups attached to an aromatic ring is 1. The Balaban J connectivity index is 1.63. The van der Waals surface area contributed by atoms with Crippen LogP contribution in [0.2, 0.25) is 0 Å². The molecule has 6 heteroatoms. The maximum atomic E-state index is 12.2. The van der Waals surface area contributed by atoms with E-state index >= 15 is 0 Å². The van der Waals surface area contributed by atoms with Crippen molar-refractivity contribution >= 4 is 5.69 Å². The van der Waals surface area contributed by atoms with Crippen molar-refractivity contribution in [2.24, 2.45) is 0 Å². The van der Waals surface area contributed by atoms with Gasteiger partial charge in [0.05, 0.1) is 12.8 Å². The van der Waals surface area contributed by atoms with Gasteiger partial charge in [-0.15, -0.1) is 0 Å². The first-order chi connectivity index (χ1) is 16.6. The summed E-state index contributed by atoms with van der Waals surface area (Å²) in [6, 6.07) is 15.6. The molecule has 0 heterocycles. The highest BCUT2D eigenvalue weighted by Gasteiger charge is 2.22. The van der Waals surface area contributed by atoms with E-state index in [0.29, 0.717) is 37.6 Å². The molecule has 0 spiro atoms. The second-order valence-corrected chi connectivity index (χ2v) is 8.62. The van der Waals surface area contributed by atoms with Crippen LogP contribution in [0.15, 0.2) is 48.5 Å². The summed E-state index contributed by atoms with van der Waals surface area (Å²) < 4.78 is 23.4. The zero-order valence-electron chi connectivity index (χ0n) is 19.7. The third-order valence-electron chi connectivity index (χ3n) is 6.44. The van der Waals surface area contributed by atoms with E-state index in [-0.39, 0.29) is 12.4 Å². The molecular weight excluding hydrogens is 431 g/mol. The molecule has 5 nitrogen and oxygen atoms in total. The standard InChI is InChI=1S/C28H33FN2O3/c1-33-26-13-11-23(27-22-5-3-2-4-20(22)8-12-25(27)32)24(28(26)30)18-19-6-9-21(10-7-19)34-17-16-31-15-14-29/h6-13,31-32H,2-5,14-18,30H2,1H3. The smallest absolute Gasteiger partial charge is 0.142 e. The summed E-state index contributed by atoms with van der Waals surface area (Å²) in [4.78, 5) is 0. The van der Waals surface area contributed by atoms with Gasteiger partial charge >= 0.3 is 0 Å². The summed E-state index contributed by atoms with van der Waals surface area (Å²) in [5, 5.41) is 13.9. The van der Waals surface area contributed by atoms with Gasteiger partial charge in [0.1, 0.15) is 30.5 Å². The summed E-state index contributed by atoms with van der Waals surface area (Å²) >= 11 is 0. The van der Waals surface area contributed by atoms with Crippen molar-refractivity contribution in [3.63, 3.8) is 0 Å². The second-order valence-electron chi connectivity index (χ2n) is 8.62. The van der Waals surface area contributed by atoms with Crippen LogP contribution in [0.5, 0.6) is 17.2 Å². The van der Waals surface area contributed by atoms with Gasteiger partial charge in [0.15, 0.2) is 0 Å². The van der Waals surface area contributed by atoms with Crippen LogP contribution in [-0.4, -0.2) is 38.6 Å². The molecule has 0 amide bonds. The fourth-order valence-corrected chi connectivity index (χ4v) is 4.70. The lowest BCUT2D eigenvalue weighted by Gasteiger charge is -2.23. The zero-order chi connectivity index (χ0) is 23.9. The quantitative estimate of drug-likeness (QED) is 0.289. The molecule has 4 rings (SSSR count). The largest absolute Gasteiger partial charge is 0.507 e. The predicted molar refractivity (Wildman–Crippen MR) is 135 cm³/mol. The van der Waals surface area contributed by atoms with Crippen molar-refractivity contribution in [3.05, 3.63) is 70.8 Å². The van der Waals surface area contributed by atoms with E-state index in [1.54, 1.807) is 13.2 Å². The molecule has 4 N–H and O–H groups in total. The number of benzene rings is 3. The maximum Gasteiger partial charge on any atom is 0.142 e. The van der Waals surface area contributed by atoms with Crippen LogP contribution in [0.25, 0.3) is 11.1 Å². The number of fused-ring (bicyclic) bond motifs is 1. The molecule has 3 aromatic rings. The molecule has 0 bridgehead atoms. The molecule has 1 aliphatic carbocycles. The van der Waals surface area contributed by atoms with E-state index in [4.69, 9.17) is 15.2 Å². The van der Waals surface area contributed by atoms with Crippen LogP contribution in [0.3, 0.4) is 0 Å². The number of rotatable bonds is 10. The van der Waals surface area contributed by atoms with Crippen LogP contribution in [0, 0.1) is 0 Å². The van der Waals surface area contributed by atoms with E-state index in [0.717, 1.165) is 47.3 Å². The fraction of sp³-hybridized carbons (Fsp3) is 0.357. The number of aromatic hydroxyl groups is 1. The van der Waals surface area contributed by atoms with Gasteiger partial charge in [0, 0.05) is 25.1 Å². The summed E-state index contributed by atoms with van der Waals surface area (Å²) in [7, 11) is 1.62. The molecule has 0 aliphatic heterocycles. The number of nitrogens with one attached hydrogen (secondary N) is 1. The predicted octanol–water partition coefficient (Wildman–Crippen LogP) is 5.06. The lowest BCUT2D eigenvalue weighted by atomic mass is 9.83. The third-order valence-corrected chi connectivity index (χ3v) is 6.44. The van der Waals surface area contributed by atoms with Crippen LogP contribution < -0.4 is 20.5 Å². The van der Waals surface area contributed by atoms with Gasteiger partial charge in [0.2, 0.25) is 0 Å². The monoisotopic (exact) mass is 464 g/mol. The molecule has 0 saturated carbocycles. The Kier molecular flexibility index (Phi) is 7.91. The van der Waals surface area contributed by atoms with Crippen molar-refractivity contribution in [1.82, 2.24) is 5.32 Å². The summed E-state index contributed by atoms with van der Waals surface area (Å²) in [5.74, 6) is 1.68. The van der Waals surface area contributed by atoms with Crippen molar-refractivity contribution in [1.29, 1.82) is 0 Å². The number of phenolic OH excluding ortho intramolecular Hbond substituents is 1.